The first-order valence-electron chi connectivity index (χ1n) is 5.07. The van der Waals surface area contributed by atoms with Crippen molar-refractivity contribution in [2.45, 2.75) is 6.42 Å². The van der Waals surface area contributed by atoms with Gasteiger partial charge in [0, 0.05) is 13.7 Å². The lowest BCUT2D eigenvalue weighted by molar-refractivity contribution is 0.199. The zero-order valence-corrected chi connectivity index (χ0v) is 10.3. The standard InChI is InChI=1S/C11H14N2O3S/c1-16-7-4-8-17(14,15)13-11-6-3-2-5-10(11)9-12/h2-3,5-6,13H,4,7-8H2,1H3. The molecule has 0 aliphatic carbocycles. The van der Waals surface area contributed by atoms with E-state index in [9.17, 15) is 8.42 Å². The molecular formula is C11H14N2O3S. The second-order valence-electron chi connectivity index (χ2n) is 3.42. The Hall–Kier alpha value is -1.58. The summed E-state index contributed by atoms with van der Waals surface area (Å²) in [6.07, 6.45) is 0.417. The van der Waals surface area contributed by atoms with Crippen LogP contribution >= 0.6 is 0 Å². The van der Waals surface area contributed by atoms with Crippen molar-refractivity contribution in [3.63, 3.8) is 0 Å². The molecule has 0 bridgehead atoms. The van der Waals surface area contributed by atoms with Crippen LogP contribution in [0.4, 0.5) is 5.69 Å². The topological polar surface area (TPSA) is 79.2 Å². The second-order valence-corrected chi connectivity index (χ2v) is 5.27. The SMILES string of the molecule is COCCCS(=O)(=O)Nc1ccccc1C#N. The first-order valence-corrected chi connectivity index (χ1v) is 6.73. The van der Waals surface area contributed by atoms with Crippen molar-refractivity contribution in [1.82, 2.24) is 0 Å². The van der Waals surface area contributed by atoms with Crippen LogP contribution in [0.1, 0.15) is 12.0 Å². The minimum absolute atomic E-state index is 0.0272. The minimum Gasteiger partial charge on any atom is -0.385 e. The first-order chi connectivity index (χ1) is 8.09. The van der Waals surface area contributed by atoms with Crippen LogP contribution in [-0.2, 0) is 14.8 Å². The average molecular weight is 254 g/mol. The van der Waals surface area contributed by atoms with Gasteiger partial charge in [0.25, 0.3) is 0 Å². The Bertz CT molecular complexity index is 506. The van der Waals surface area contributed by atoms with Crippen LogP contribution in [-0.4, -0.2) is 27.9 Å². The lowest BCUT2D eigenvalue weighted by Crippen LogP contribution is -2.18. The zero-order valence-electron chi connectivity index (χ0n) is 9.51. The third-order valence-electron chi connectivity index (χ3n) is 2.07. The number of nitriles is 1. The van der Waals surface area contributed by atoms with E-state index in [0.717, 1.165) is 0 Å². The van der Waals surface area contributed by atoms with Gasteiger partial charge >= 0.3 is 0 Å². The lowest BCUT2D eigenvalue weighted by atomic mass is 10.2. The molecule has 1 rings (SSSR count). The van der Waals surface area contributed by atoms with Crippen molar-refractivity contribution >= 4 is 15.7 Å². The number of sulfonamides is 1. The number of hydrogen-bond donors (Lipinski definition) is 1. The van der Waals surface area contributed by atoms with Crippen LogP contribution in [0.5, 0.6) is 0 Å². The summed E-state index contributed by atoms with van der Waals surface area (Å²) in [5, 5.41) is 8.82. The number of nitrogens with zero attached hydrogens (tertiary/aromatic N) is 1. The van der Waals surface area contributed by atoms with Gasteiger partial charge in [0.15, 0.2) is 0 Å². The van der Waals surface area contributed by atoms with E-state index in [4.69, 9.17) is 10.00 Å². The maximum atomic E-state index is 11.7. The zero-order chi connectivity index (χ0) is 12.7. The lowest BCUT2D eigenvalue weighted by Gasteiger charge is -2.08. The van der Waals surface area contributed by atoms with Crippen molar-refractivity contribution in [1.29, 1.82) is 5.26 Å². The summed E-state index contributed by atoms with van der Waals surface area (Å²) in [6, 6.07) is 8.41. The van der Waals surface area contributed by atoms with Crippen LogP contribution in [0, 0.1) is 11.3 Å². The van der Waals surface area contributed by atoms with Crippen LogP contribution in [0.3, 0.4) is 0 Å². The third kappa shape index (κ3) is 4.43. The summed E-state index contributed by atoms with van der Waals surface area (Å²) in [5.41, 5.74) is 0.621. The number of benzene rings is 1. The number of nitrogens with one attached hydrogen (secondary N) is 1. The van der Waals surface area contributed by atoms with Crippen molar-refractivity contribution in [2.75, 3.05) is 24.2 Å². The molecule has 92 valence electrons. The number of ether oxygens (including phenoxy) is 1. The summed E-state index contributed by atoms with van der Waals surface area (Å²) >= 11 is 0. The Morgan fingerprint density at radius 1 is 1.41 bits per heavy atom. The van der Waals surface area contributed by atoms with Gasteiger partial charge in [-0.05, 0) is 18.6 Å². The number of para-hydroxylation sites is 1. The van der Waals surface area contributed by atoms with E-state index in [1.165, 1.54) is 7.11 Å². The summed E-state index contributed by atoms with van der Waals surface area (Å²) in [7, 11) is -1.90. The monoisotopic (exact) mass is 254 g/mol. The van der Waals surface area contributed by atoms with Gasteiger partial charge in [-0.3, -0.25) is 4.72 Å². The van der Waals surface area contributed by atoms with Crippen molar-refractivity contribution in [2.24, 2.45) is 0 Å². The Labute approximate surface area is 101 Å². The fourth-order valence-corrected chi connectivity index (χ4v) is 2.39. The van der Waals surface area contributed by atoms with Gasteiger partial charge in [-0.15, -0.1) is 0 Å². The quantitative estimate of drug-likeness (QED) is 0.777. The fraction of sp³-hybridized carbons (Fsp3) is 0.364. The summed E-state index contributed by atoms with van der Waals surface area (Å²) in [6.45, 7) is 0.390. The van der Waals surface area contributed by atoms with Crippen LogP contribution in [0.25, 0.3) is 0 Å². The highest BCUT2D eigenvalue weighted by molar-refractivity contribution is 7.92. The number of methoxy groups -OCH3 is 1. The third-order valence-corrected chi connectivity index (χ3v) is 3.43. The summed E-state index contributed by atoms with van der Waals surface area (Å²) in [4.78, 5) is 0. The predicted octanol–water partition coefficient (Wildman–Crippen LogP) is 1.34. The van der Waals surface area contributed by atoms with E-state index in [1.807, 2.05) is 6.07 Å². The maximum Gasteiger partial charge on any atom is 0.232 e. The highest BCUT2D eigenvalue weighted by Crippen LogP contribution is 2.15. The number of hydrogen-bond acceptors (Lipinski definition) is 4. The molecule has 0 aliphatic heterocycles. The molecule has 0 saturated heterocycles. The molecule has 0 unspecified atom stereocenters. The molecule has 5 nitrogen and oxygen atoms in total. The van der Waals surface area contributed by atoms with Crippen LogP contribution in [0.2, 0.25) is 0 Å². The molecule has 17 heavy (non-hydrogen) atoms. The predicted molar refractivity (Wildman–Crippen MR) is 65.1 cm³/mol. The molecule has 0 radical (unpaired) electrons. The van der Waals surface area contributed by atoms with Gasteiger partial charge in [-0.2, -0.15) is 5.26 Å². The highest BCUT2D eigenvalue weighted by atomic mass is 32.2. The van der Waals surface area contributed by atoms with E-state index in [1.54, 1.807) is 24.3 Å². The van der Waals surface area contributed by atoms with Gasteiger partial charge in [-0.25, -0.2) is 8.42 Å². The number of rotatable bonds is 6. The molecule has 0 aromatic heterocycles. The molecule has 1 aromatic rings. The van der Waals surface area contributed by atoms with Gasteiger partial charge in [-0.1, -0.05) is 12.1 Å². The molecule has 0 atom stereocenters. The highest BCUT2D eigenvalue weighted by Gasteiger charge is 2.12. The molecule has 6 heteroatoms. The Balaban J connectivity index is 2.73. The van der Waals surface area contributed by atoms with Crippen molar-refractivity contribution in [3.8, 4) is 6.07 Å². The van der Waals surface area contributed by atoms with Crippen LogP contribution < -0.4 is 4.72 Å². The van der Waals surface area contributed by atoms with E-state index in [2.05, 4.69) is 4.72 Å². The first kappa shape index (κ1) is 13.5. The van der Waals surface area contributed by atoms with Crippen molar-refractivity contribution in [3.05, 3.63) is 29.8 Å². The number of anilines is 1. The van der Waals surface area contributed by atoms with E-state index >= 15 is 0 Å². The Morgan fingerprint density at radius 2 is 2.12 bits per heavy atom. The van der Waals surface area contributed by atoms with E-state index < -0.39 is 10.0 Å². The molecule has 0 aliphatic rings. The van der Waals surface area contributed by atoms with Gasteiger partial charge < -0.3 is 4.74 Å². The molecule has 0 amide bonds. The van der Waals surface area contributed by atoms with E-state index in [0.29, 0.717) is 24.3 Å². The van der Waals surface area contributed by atoms with Crippen molar-refractivity contribution < 1.29 is 13.2 Å². The molecule has 1 aromatic carbocycles. The van der Waals surface area contributed by atoms with Gasteiger partial charge in [0.2, 0.25) is 10.0 Å². The minimum atomic E-state index is -3.42. The Morgan fingerprint density at radius 3 is 2.76 bits per heavy atom. The summed E-state index contributed by atoms with van der Waals surface area (Å²) < 4.78 is 30.5. The van der Waals surface area contributed by atoms with Gasteiger partial charge in [0.05, 0.1) is 17.0 Å². The maximum absolute atomic E-state index is 11.7. The van der Waals surface area contributed by atoms with Gasteiger partial charge in [0.1, 0.15) is 6.07 Å². The average Bonchev–Trinajstić information content (AvgIpc) is 2.29. The normalized spacial score (nSPS) is 10.8. The Kier molecular flexibility index (Phi) is 4.94. The molecule has 1 N–H and O–H groups in total. The molecule has 0 saturated carbocycles. The largest absolute Gasteiger partial charge is 0.385 e. The molecule has 0 fully saturated rings. The van der Waals surface area contributed by atoms with E-state index in [-0.39, 0.29) is 5.75 Å². The molecular weight excluding hydrogens is 240 g/mol. The molecule has 0 heterocycles. The molecule has 0 spiro atoms. The van der Waals surface area contributed by atoms with Crippen LogP contribution in [0.15, 0.2) is 24.3 Å². The second kappa shape index (κ2) is 6.23. The fourth-order valence-electron chi connectivity index (χ4n) is 1.28. The summed E-state index contributed by atoms with van der Waals surface area (Å²) in [5.74, 6) is -0.0272. The smallest absolute Gasteiger partial charge is 0.232 e.